The molecule has 0 saturated heterocycles. The summed E-state index contributed by atoms with van der Waals surface area (Å²) in [5.74, 6) is 1.56. The molecule has 114 valence electrons. The van der Waals surface area contributed by atoms with E-state index in [1.54, 1.807) is 7.11 Å². The van der Waals surface area contributed by atoms with Crippen molar-refractivity contribution in [2.24, 2.45) is 10.9 Å². The van der Waals surface area contributed by atoms with Gasteiger partial charge in [0.05, 0.1) is 13.2 Å². The SMILES string of the molecule is CCNC(=NCC(CC(C)C)N(C)C)NCCOC. The molecular weight excluding hydrogens is 240 g/mol. The van der Waals surface area contributed by atoms with Gasteiger partial charge in [-0.15, -0.1) is 0 Å². The Morgan fingerprint density at radius 2 is 1.95 bits per heavy atom. The minimum Gasteiger partial charge on any atom is -0.383 e. The van der Waals surface area contributed by atoms with E-state index in [9.17, 15) is 0 Å². The highest BCUT2D eigenvalue weighted by Crippen LogP contribution is 2.09. The fourth-order valence-electron chi connectivity index (χ4n) is 1.80. The number of likely N-dealkylation sites (N-methyl/N-ethyl adjacent to an activating group) is 1. The third kappa shape index (κ3) is 9.73. The lowest BCUT2D eigenvalue weighted by Gasteiger charge is -2.24. The minimum absolute atomic E-state index is 0.484. The van der Waals surface area contributed by atoms with Crippen LogP contribution in [-0.2, 0) is 4.74 Å². The predicted molar refractivity (Wildman–Crippen MR) is 82.8 cm³/mol. The summed E-state index contributed by atoms with van der Waals surface area (Å²) >= 11 is 0. The summed E-state index contributed by atoms with van der Waals surface area (Å²) in [4.78, 5) is 6.91. The molecule has 1 atom stereocenters. The van der Waals surface area contributed by atoms with Gasteiger partial charge in [-0.3, -0.25) is 4.99 Å². The van der Waals surface area contributed by atoms with Crippen LogP contribution in [0, 0.1) is 5.92 Å². The molecule has 0 aromatic carbocycles. The molecule has 0 spiro atoms. The number of nitrogens with one attached hydrogen (secondary N) is 2. The van der Waals surface area contributed by atoms with Crippen LogP contribution in [0.3, 0.4) is 0 Å². The van der Waals surface area contributed by atoms with Crippen LogP contribution in [0.1, 0.15) is 27.2 Å². The van der Waals surface area contributed by atoms with E-state index < -0.39 is 0 Å². The summed E-state index contributed by atoms with van der Waals surface area (Å²) in [6, 6.07) is 0.484. The Morgan fingerprint density at radius 1 is 1.26 bits per heavy atom. The first kappa shape index (κ1) is 18.2. The van der Waals surface area contributed by atoms with E-state index in [0.717, 1.165) is 32.0 Å². The first-order valence-electron chi connectivity index (χ1n) is 7.18. The maximum absolute atomic E-state index is 5.03. The Bertz CT molecular complexity index is 242. The zero-order valence-electron chi connectivity index (χ0n) is 13.5. The Balaban J connectivity index is 4.36. The molecule has 19 heavy (non-hydrogen) atoms. The second kappa shape index (κ2) is 11.1. The molecule has 0 bridgehead atoms. The average molecular weight is 272 g/mol. The summed E-state index contributed by atoms with van der Waals surface area (Å²) in [5.41, 5.74) is 0. The number of hydrogen-bond acceptors (Lipinski definition) is 3. The standard InChI is InChI=1S/C14H32N4O/c1-7-15-14(16-8-9-19-6)17-11-13(18(4)5)10-12(2)3/h12-13H,7-11H2,1-6H3,(H2,15,16,17). The second-order valence-electron chi connectivity index (χ2n) is 5.39. The summed E-state index contributed by atoms with van der Waals surface area (Å²) in [6.07, 6.45) is 1.16. The number of rotatable bonds is 9. The van der Waals surface area contributed by atoms with Crippen molar-refractivity contribution in [3.8, 4) is 0 Å². The van der Waals surface area contributed by atoms with E-state index in [1.165, 1.54) is 0 Å². The molecule has 0 aliphatic heterocycles. The van der Waals surface area contributed by atoms with Crippen LogP contribution >= 0.6 is 0 Å². The molecule has 0 amide bonds. The Kier molecular flexibility index (Phi) is 10.6. The zero-order valence-corrected chi connectivity index (χ0v) is 13.5. The number of ether oxygens (including phenoxy) is 1. The smallest absolute Gasteiger partial charge is 0.191 e. The van der Waals surface area contributed by atoms with Crippen molar-refractivity contribution in [2.45, 2.75) is 33.2 Å². The molecule has 5 heteroatoms. The fourth-order valence-corrected chi connectivity index (χ4v) is 1.80. The zero-order chi connectivity index (χ0) is 14.7. The normalized spacial score (nSPS) is 14.0. The lowest BCUT2D eigenvalue weighted by atomic mass is 10.0. The number of methoxy groups -OCH3 is 1. The molecule has 5 nitrogen and oxygen atoms in total. The molecule has 0 aromatic heterocycles. The maximum atomic E-state index is 5.03. The van der Waals surface area contributed by atoms with Crippen molar-refractivity contribution in [3.63, 3.8) is 0 Å². The molecule has 0 aromatic rings. The summed E-state index contributed by atoms with van der Waals surface area (Å²) in [5, 5.41) is 6.52. The Labute approximate surface area is 118 Å². The topological polar surface area (TPSA) is 48.9 Å². The van der Waals surface area contributed by atoms with Crippen LogP contribution in [-0.4, -0.2) is 64.3 Å². The van der Waals surface area contributed by atoms with E-state index in [-0.39, 0.29) is 0 Å². The minimum atomic E-state index is 0.484. The van der Waals surface area contributed by atoms with Gasteiger partial charge in [0.2, 0.25) is 0 Å². The fraction of sp³-hybridized carbons (Fsp3) is 0.929. The van der Waals surface area contributed by atoms with Crippen molar-refractivity contribution in [1.82, 2.24) is 15.5 Å². The van der Waals surface area contributed by atoms with E-state index >= 15 is 0 Å². The first-order chi connectivity index (χ1) is 9.01. The molecule has 2 N–H and O–H groups in total. The van der Waals surface area contributed by atoms with Gasteiger partial charge in [0.1, 0.15) is 0 Å². The molecule has 0 aliphatic carbocycles. The van der Waals surface area contributed by atoms with Crippen LogP contribution in [0.2, 0.25) is 0 Å². The van der Waals surface area contributed by atoms with Crippen molar-refractivity contribution >= 4 is 5.96 Å². The van der Waals surface area contributed by atoms with Gasteiger partial charge in [0.25, 0.3) is 0 Å². The molecule has 0 saturated carbocycles. The van der Waals surface area contributed by atoms with E-state index in [1.807, 2.05) is 0 Å². The van der Waals surface area contributed by atoms with Crippen LogP contribution in [0.4, 0.5) is 0 Å². The molecule has 0 rings (SSSR count). The molecular formula is C14H32N4O. The van der Waals surface area contributed by atoms with Gasteiger partial charge in [-0.2, -0.15) is 0 Å². The van der Waals surface area contributed by atoms with Gasteiger partial charge in [-0.25, -0.2) is 0 Å². The lowest BCUT2D eigenvalue weighted by molar-refractivity contribution is 0.203. The second-order valence-corrected chi connectivity index (χ2v) is 5.39. The largest absolute Gasteiger partial charge is 0.383 e. The Hall–Kier alpha value is -0.810. The monoisotopic (exact) mass is 272 g/mol. The first-order valence-corrected chi connectivity index (χ1v) is 7.18. The van der Waals surface area contributed by atoms with E-state index in [4.69, 9.17) is 4.74 Å². The van der Waals surface area contributed by atoms with E-state index in [2.05, 4.69) is 55.4 Å². The van der Waals surface area contributed by atoms with Gasteiger partial charge in [0.15, 0.2) is 5.96 Å². The molecule has 0 aliphatic rings. The highest BCUT2D eigenvalue weighted by atomic mass is 16.5. The predicted octanol–water partition coefficient (Wildman–Crippen LogP) is 1.16. The van der Waals surface area contributed by atoms with Crippen LogP contribution < -0.4 is 10.6 Å². The van der Waals surface area contributed by atoms with Gasteiger partial charge < -0.3 is 20.3 Å². The molecule has 1 unspecified atom stereocenters. The van der Waals surface area contributed by atoms with Crippen molar-refractivity contribution in [3.05, 3.63) is 0 Å². The Morgan fingerprint density at radius 3 is 2.42 bits per heavy atom. The highest BCUT2D eigenvalue weighted by Gasteiger charge is 2.13. The average Bonchev–Trinajstić information content (AvgIpc) is 2.33. The summed E-state index contributed by atoms with van der Waals surface area (Å²) in [7, 11) is 5.94. The maximum Gasteiger partial charge on any atom is 0.191 e. The number of aliphatic imine (C=N–C) groups is 1. The van der Waals surface area contributed by atoms with E-state index in [0.29, 0.717) is 18.6 Å². The summed E-state index contributed by atoms with van der Waals surface area (Å²) < 4.78 is 5.03. The van der Waals surface area contributed by atoms with Gasteiger partial charge in [0, 0.05) is 26.2 Å². The molecule has 0 fully saturated rings. The van der Waals surface area contributed by atoms with Gasteiger partial charge in [-0.05, 0) is 33.4 Å². The van der Waals surface area contributed by atoms with Crippen molar-refractivity contribution in [1.29, 1.82) is 0 Å². The number of guanidine groups is 1. The highest BCUT2D eigenvalue weighted by molar-refractivity contribution is 5.79. The number of hydrogen-bond donors (Lipinski definition) is 2. The van der Waals surface area contributed by atoms with Crippen molar-refractivity contribution in [2.75, 3.05) is 47.4 Å². The lowest BCUT2D eigenvalue weighted by Crippen LogP contribution is -2.40. The third-order valence-corrected chi connectivity index (χ3v) is 2.88. The van der Waals surface area contributed by atoms with Crippen LogP contribution in [0.15, 0.2) is 4.99 Å². The van der Waals surface area contributed by atoms with Crippen molar-refractivity contribution < 1.29 is 4.74 Å². The third-order valence-electron chi connectivity index (χ3n) is 2.88. The van der Waals surface area contributed by atoms with Gasteiger partial charge in [-0.1, -0.05) is 13.8 Å². The summed E-state index contributed by atoms with van der Waals surface area (Å²) in [6.45, 7) is 9.73. The molecule has 0 radical (unpaired) electrons. The molecule has 0 heterocycles. The van der Waals surface area contributed by atoms with Gasteiger partial charge >= 0.3 is 0 Å². The van der Waals surface area contributed by atoms with Crippen LogP contribution in [0.5, 0.6) is 0 Å². The van der Waals surface area contributed by atoms with Crippen LogP contribution in [0.25, 0.3) is 0 Å². The quantitative estimate of drug-likeness (QED) is 0.376. The number of nitrogens with zero attached hydrogens (tertiary/aromatic N) is 2.